The molecular formula is C21H27F5O4. The van der Waals surface area contributed by atoms with Gasteiger partial charge in [-0.3, -0.25) is 9.59 Å². The molecule has 0 aromatic heterocycles. The number of esters is 2. The summed E-state index contributed by atoms with van der Waals surface area (Å²) in [5, 5.41) is 0. The van der Waals surface area contributed by atoms with Crippen molar-refractivity contribution in [2.75, 3.05) is 0 Å². The Labute approximate surface area is 172 Å². The van der Waals surface area contributed by atoms with E-state index in [4.69, 9.17) is 4.74 Å². The number of halogens is 5. The summed E-state index contributed by atoms with van der Waals surface area (Å²) in [6, 6.07) is 0. The minimum Gasteiger partial charge on any atom is -0.463 e. The summed E-state index contributed by atoms with van der Waals surface area (Å²) < 4.78 is 75.9. The van der Waals surface area contributed by atoms with Gasteiger partial charge in [-0.1, -0.05) is 39.0 Å². The van der Waals surface area contributed by atoms with Crippen LogP contribution in [0, 0.1) is 29.1 Å². The SMILES string of the molecule is CCCCCCCCC(C)OC(=O)CCC(=O)OCc1c(F)c(F)c(F)c(F)c1F. The van der Waals surface area contributed by atoms with Crippen LogP contribution < -0.4 is 0 Å². The van der Waals surface area contributed by atoms with Gasteiger partial charge in [-0.15, -0.1) is 0 Å². The van der Waals surface area contributed by atoms with Gasteiger partial charge in [0.25, 0.3) is 0 Å². The number of hydrogen-bond acceptors (Lipinski definition) is 4. The van der Waals surface area contributed by atoms with Crippen LogP contribution in [0.4, 0.5) is 22.0 Å². The molecule has 1 aromatic rings. The lowest BCUT2D eigenvalue weighted by Gasteiger charge is -2.13. The number of carbonyl (C=O) groups excluding carboxylic acids is 2. The molecule has 1 aromatic carbocycles. The van der Waals surface area contributed by atoms with E-state index in [0.29, 0.717) is 6.42 Å². The van der Waals surface area contributed by atoms with Gasteiger partial charge in [0.15, 0.2) is 23.3 Å². The molecule has 0 aliphatic heterocycles. The summed E-state index contributed by atoms with van der Waals surface area (Å²) in [7, 11) is 0. The van der Waals surface area contributed by atoms with Crippen molar-refractivity contribution in [2.45, 2.75) is 84.3 Å². The van der Waals surface area contributed by atoms with Crippen LogP contribution in [0.25, 0.3) is 0 Å². The highest BCUT2D eigenvalue weighted by Gasteiger charge is 2.26. The second-order valence-corrected chi connectivity index (χ2v) is 7.07. The molecule has 1 atom stereocenters. The number of hydrogen-bond donors (Lipinski definition) is 0. The van der Waals surface area contributed by atoms with Crippen LogP contribution in [0.15, 0.2) is 0 Å². The molecule has 0 heterocycles. The summed E-state index contributed by atoms with van der Waals surface area (Å²) in [4.78, 5) is 23.4. The second kappa shape index (κ2) is 13.2. The zero-order valence-corrected chi connectivity index (χ0v) is 17.2. The van der Waals surface area contributed by atoms with Crippen molar-refractivity contribution in [1.82, 2.24) is 0 Å². The second-order valence-electron chi connectivity index (χ2n) is 7.07. The van der Waals surface area contributed by atoms with Gasteiger partial charge >= 0.3 is 11.9 Å². The average molecular weight is 438 g/mol. The first-order chi connectivity index (χ1) is 14.2. The molecule has 0 saturated carbocycles. The van der Waals surface area contributed by atoms with Crippen LogP contribution >= 0.6 is 0 Å². The summed E-state index contributed by atoms with van der Waals surface area (Å²) in [5.74, 6) is -12.3. The van der Waals surface area contributed by atoms with E-state index in [1.807, 2.05) is 0 Å². The van der Waals surface area contributed by atoms with E-state index in [-0.39, 0.29) is 12.5 Å². The van der Waals surface area contributed by atoms with E-state index in [1.165, 1.54) is 12.8 Å². The van der Waals surface area contributed by atoms with Crippen LogP contribution in [-0.4, -0.2) is 18.0 Å². The van der Waals surface area contributed by atoms with Gasteiger partial charge < -0.3 is 9.47 Å². The highest BCUT2D eigenvalue weighted by Crippen LogP contribution is 2.23. The fraction of sp³-hybridized carbons (Fsp3) is 0.619. The van der Waals surface area contributed by atoms with Crippen molar-refractivity contribution in [3.63, 3.8) is 0 Å². The predicted molar refractivity (Wildman–Crippen MR) is 98.8 cm³/mol. The maximum Gasteiger partial charge on any atom is 0.306 e. The number of ether oxygens (including phenoxy) is 2. The normalized spacial score (nSPS) is 12.0. The molecule has 0 bridgehead atoms. The van der Waals surface area contributed by atoms with Gasteiger partial charge in [0, 0.05) is 0 Å². The quantitative estimate of drug-likeness (QED) is 0.127. The Balaban J connectivity index is 2.34. The molecule has 1 unspecified atom stereocenters. The third-order valence-electron chi connectivity index (χ3n) is 4.51. The third-order valence-corrected chi connectivity index (χ3v) is 4.51. The first-order valence-electron chi connectivity index (χ1n) is 10.0. The fourth-order valence-electron chi connectivity index (χ4n) is 2.76. The number of benzene rings is 1. The van der Waals surface area contributed by atoms with E-state index >= 15 is 0 Å². The van der Waals surface area contributed by atoms with Crippen LogP contribution in [0.1, 0.15) is 77.2 Å². The van der Waals surface area contributed by atoms with Crippen molar-refractivity contribution in [3.8, 4) is 0 Å². The Bertz CT molecular complexity index is 695. The van der Waals surface area contributed by atoms with Gasteiger partial charge in [0.1, 0.15) is 6.61 Å². The molecule has 9 heteroatoms. The summed E-state index contributed by atoms with van der Waals surface area (Å²) >= 11 is 0. The molecule has 0 aliphatic rings. The van der Waals surface area contributed by atoms with Crippen LogP contribution in [-0.2, 0) is 25.7 Å². The molecule has 0 fully saturated rings. The third kappa shape index (κ3) is 8.28. The first kappa shape index (κ1) is 25.8. The zero-order chi connectivity index (χ0) is 22.7. The minimum absolute atomic E-state index is 0.312. The van der Waals surface area contributed by atoms with Crippen molar-refractivity contribution in [3.05, 3.63) is 34.6 Å². The van der Waals surface area contributed by atoms with Gasteiger partial charge in [-0.2, -0.15) is 0 Å². The van der Waals surface area contributed by atoms with Crippen LogP contribution in [0.3, 0.4) is 0 Å². The first-order valence-corrected chi connectivity index (χ1v) is 10.0. The Morgan fingerprint density at radius 3 is 1.87 bits per heavy atom. The monoisotopic (exact) mass is 438 g/mol. The van der Waals surface area contributed by atoms with Gasteiger partial charge in [-0.25, -0.2) is 22.0 Å². The molecule has 170 valence electrons. The van der Waals surface area contributed by atoms with Gasteiger partial charge in [-0.05, 0) is 19.8 Å². The Kier molecular flexibility index (Phi) is 11.4. The van der Waals surface area contributed by atoms with Gasteiger partial charge in [0.05, 0.1) is 24.5 Å². The number of unbranched alkanes of at least 4 members (excludes halogenated alkanes) is 5. The van der Waals surface area contributed by atoms with E-state index in [0.717, 1.165) is 25.7 Å². The predicted octanol–water partition coefficient (Wildman–Crippen LogP) is 5.89. The summed E-state index contributed by atoms with van der Waals surface area (Å²) in [6.45, 7) is 2.73. The van der Waals surface area contributed by atoms with E-state index in [1.54, 1.807) is 6.92 Å². The van der Waals surface area contributed by atoms with E-state index in [9.17, 15) is 31.5 Å². The Morgan fingerprint density at radius 1 is 0.767 bits per heavy atom. The molecule has 30 heavy (non-hydrogen) atoms. The maximum absolute atomic E-state index is 13.5. The van der Waals surface area contributed by atoms with Crippen molar-refractivity contribution < 1.29 is 41.0 Å². The lowest BCUT2D eigenvalue weighted by molar-refractivity contribution is -0.153. The highest BCUT2D eigenvalue weighted by molar-refractivity contribution is 5.77. The molecule has 0 aliphatic carbocycles. The molecular weight excluding hydrogens is 411 g/mol. The molecule has 0 spiro atoms. The summed E-state index contributed by atoms with van der Waals surface area (Å²) in [5.41, 5.74) is -1.25. The summed E-state index contributed by atoms with van der Waals surface area (Å²) in [6.07, 6.45) is 6.25. The van der Waals surface area contributed by atoms with Crippen molar-refractivity contribution >= 4 is 11.9 Å². The molecule has 0 saturated heterocycles. The topological polar surface area (TPSA) is 52.6 Å². The van der Waals surface area contributed by atoms with Crippen molar-refractivity contribution in [1.29, 1.82) is 0 Å². The Hall–Kier alpha value is -2.19. The lowest BCUT2D eigenvalue weighted by Crippen LogP contribution is -2.17. The molecule has 4 nitrogen and oxygen atoms in total. The van der Waals surface area contributed by atoms with E-state index < -0.39 is 59.6 Å². The molecule has 0 N–H and O–H groups in total. The molecule has 0 amide bonds. The fourth-order valence-corrected chi connectivity index (χ4v) is 2.76. The minimum atomic E-state index is -2.29. The van der Waals surface area contributed by atoms with Gasteiger partial charge in [0.2, 0.25) is 5.82 Å². The van der Waals surface area contributed by atoms with Crippen LogP contribution in [0.5, 0.6) is 0 Å². The Morgan fingerprint density at radius 2 is 1.27 bits per heavy atom. The molecule has 1 rings (SSSR count). The largest absolute Gasteiger partial charge is 0.463 e. The zero-order valence-electron chi connectivity index (χ0n) is 17.2. The highest BCUT2D eigenvalue weighted by atomic mass is 19.2. The smallest absolute Gasteiger partial charge is 0.306 e. The lowest BCUT2D eigenvalue weighted by atomic mass is 10.1. The average Bonchev–Trinajstić information content (AvgIpc) is 2.71. The number of carbonyl (C=O) groups is 2. The number of rotatable bonds is 13. The molecule has 0 radical (unpaired) electrons. The van der Waals surface area contributed by atoms with E-state index in [2.05, 4.69) is 11.7 Å². The maximum atomic E-state index is 13.5. The van der Waals surface area contributed by atoms with Crippen molar-refractivity contribution in [2.24, 2.45) is 0 Å². The standard InChI is InChI=1S/C21H27F5O4/c1-3-4-5-6-7-8-9-13(2)30-16(28)11-10-15(27)29-12-14-17(22)19(24)21(26)20(25)18(14)23/h13H,3-12H2,1-2H3. The van der Waals surface area contributed by atoms with Crippen LogP contribution in [0.2, 0.25) is 0 Å².